The van der Waals surface area contributed by atoms with Crippen molar-refractivity contribution in [1.82, 2.24) is 21.3 Å². The Kier molecular flexibility index (Phi) is 7.59. The number of hydrogen-bond acceptors (Lipinski definition) is 6. The van der Waals surface area contributed by atoms with Crippen LogP contribution in [0.1, 0.15) is 26.7 Å². The maximum atomic E-state index is 11.8. The number of hydrogen-bond donors (Lipinski definition) is 6. The number of carbonyl (C=O) groups excluding carboxylic acids is 3. The fraction of sp³-hybridized carbons (Fsp3) is 0.714. The molecule has 0 aliphatic carbocycles. The molecular weight excluding hydrogens is 320 g/mol. The van der Waals surface area contributed by atoms with Crippen molar-refractivity contribution in [2.75, 3.05) is 13.1 Å². The highest BCUT2D eigenvalue weighted by molar-refractivity contribution is 5.92. The molecule has 1 heterocycles. The Hall–Kier alpha value is -2.20. The molecule has 24 heavy (non-hydrogen) atoms. The molecule has 1 aliphatic heterocycles. The summed E-state index contributed by atoms with van der Waals surface area (Å²) in [4.78, 5) is 46.2. The summed E-state index contributed by atoms with van der Waals surface area (Å²) in [7, 11) is 0. The monoisotopic (exact) mass is 344 g/mol. The summed E-state index contributed by atoms with van der Waals surface area (Å²) >= 11 is 0. The minimum atomic E-state index is -1.47. The van der Waals surface area contributed by atoms with Crippen LogP contribution in [0.3, 0.4) is 0 Å². The van der Waals surface area contributed by atoms with Crippen LogP contribution in [-0.4, -0.2) is 71.2 Å². The molecule has 1 aliphatic rings. The van der Waals surface area contributed by atoms with E-state index in [4.69, 9.17) is 5.11 Å². The zero-order chi connectivity index (χ0) is 18.3. The number of carbonyl (C=O) groups is 4. The van der Waals surface area contributed by atoms with Crippen LogP contribution in [0.4, 0.5) is 0 Å². The van der Waals surface area contributed by atoms with Crippen LogP contribution >= 0.6 is 0 Å². The van der Waals surface area contributed by atoms with Crippen molar-refractivity contribution < 1.29 is 29.4 Å². The lowest BCUT2D eigenvalue weighted by atomic mass is 10.1. The van der Waals surface area contributed by atoms with Crippen molar-refractivity contribution in [3.05, 3.63) is 0 Å². The molecule has 136 valence electrons. The van der Waals surface area contributed by atoms with Crippen LogP contribution < -0.4 is 21.3 Å². The third-order valence-corrected chi connectivity index (χ3v) is 3.62. The Morgan fingerprint density at radius 2 is 1.88 bits per heavy atom. The van der Waals surface area contributed by atoms with Crippen molar-refractivity contribution in [2.24, 2.45) is 0 Å². The van der Waals surface area contributed by atoms with E-state index < -0.39 is 36.0 Å². The lowest BCUT2D eigenvalue weighted by Crippen LogP contribution is -2.55. The van der Waals surface area contributed by atoms with Gasteiger partial charge in [-0.2, -0.15) is 0 Å². The Bertz CT molecular complexity index is 490. The minimum absolute atomic E-state index is 0.278. The average molecular weight is 344 g/mol. The molecule has 0 radical (unpaired) electrons. The highest BCUT2D eigenvalue weighted by Gasteiger charge is 2.28. The molecule has 0 bridgehead atoms. The Morgan fingerprint density at radius 3 is 2.38 bits per heavy atom. The number of aliphatic hydroxyl groups is 1. The SMILES string of the molecule is CC(NC(=O)CNC(=O)C1CCCN1)C(=O)NC(C(=O)O)C(C)O. The van der Waals surface area contributed by atoms with Gasteiger partial charge >= 0.3 is 5.97 Å². The normalized spacial score (nSPS) is 20.5. The first kappa shape index (κ1) is 19.8. The molecule has 4 unspecified atom stereocenters. The van der Waals surface area contributed by atoms with E-state index in [0.717, 1.165) is 13.0 Å². The molecule has 10 nitrogen and oxygen atoms in total. The van der Waals surface area contributed by atoms with Crippen LogP contribution in [0.5, 0.6) is 0 Å². The Labute approximate surface area is 139 Å². The van der Waals surface area contributed by atoms with Crippen molar-refractivity contribution in [3.63, 3.8) is 0 Å². The lowest BCUT2D eigenvalue weighted by molar-refractivity contribution is -0.145. The summed E-state index contributed by atoms with van der Waals surface area (Å²) in [5.41, 5.74) is 0. The number of rotatable bonds is 8. The summed E-state index contributed by atoms with van der Waals surface area (Å²) in [5.74, 6) is -2.98. The van der Waals surface area contributed by atoms with Crippen molar-refractivity contribution in [1.29, 1.82) is 0 Å². The van der Waals surface area contributed by atoms with Gasteiger partial charge in [-0.25, -0.2) is 4.79 Å². The van der Waals surface area contributed by atoms with Gasteiger partial charge in [0.05, 0.1) is 18.7 Å². The first-order valence-electron chi connectivity index (χ1n) is 7.74. The average Bonchev–Trinajstić information content (AvgIpc) is 3.03. The van der Waals surface area contributed by atoms with Gasteiger partial charge in [0.15, 0.2) is 6.04 Å². The second-order valence-corrected chi connectivity index (χ2v) is 5.72. The number of nitrogens with one attached hydrogen (secondary N) is 4. The standard InChI is InChI=1S/C14H24N4O6/c1-7(12(21)18-11(8(2)19)14(23)24)17-10(20)6-16-13(22)9-4-3-5-15-9/h7-9,11,15,19H,3-6H2,1-2H3,(H,16,22)(H,17,20)(H,18,21)(H,23,24). The number of carboxylic acids is 1. The zero-order valence-corrected chi connectivity index (χ0v) is 13.7. The topological polar surface area (TPSA) is 157 Å². The first-order valence-corrected chi connectivity index (χ1v) is 7.74. The quantitative estimate of drug-likeness (QED) is 0.280. The summed E-state index contributed by atoms with van der Waals surface area (Å²) < 4.78 is 0. The van der Waals surface area contributed by atoms with Crippen LogP contribution in [0.15, 0.2) is 0 Å². The van der Waals surface area contributed by atoms with Gasteiger partial charge in [-0.15, -0.1) is 0 Å². The number of amides is 3. The van der Waals surface area contributed by atoms with E-state index in [9.17, 15) is 24.3 Å². The fourth-order valence-electron chi connectivity index (χ4n) is 2.22. The molecule has 0 aromatic carbocycles. The van der Waals surface area contributed by atoms with Crippen LogP contribution in [-0.2, 0) is 19.2 Å². The summed E-state index contributed by atoms with van der Waals surface area (Å²) in [6.45, 7) is 3.08. The van der Waals surface area contributed by atoms with E-state index in [1.54, 1.807) is 0 Å². The van der Waals surface area contributed by atoms with Gasteiger partial charge in [0.2, 0.25) is 17.7 Å². The molecule has 3 amide bonds. The minimum Gasteiger partial charge on any atom is -0.480 e. The summed E-state index contributed by atoms with van der Waals surface area (Å²) in [6, 6.07) is -2.79. The van der Waals surface area contributed by atoms with E-state index in [-0.39, 0.29) is 18.5 Å². The molecule has 6 N–H and O–H groups in total. The largest absolute Gasteiger partial charge is 0.480 e. The van der Waals surface area contributed by atoms with E-state index >= 15 is 0 Å². The third kappa shape index (κ3) is 6.13. The summed E-state index contributed by atoms with van der Waals surface area (Å²) in [6.07, 6.45) is 0.324. The molecule has 1 rings (SSSR count). The fourth-order valence-corrected chi connectivity index (χ4v) is 2.22. The second kappa shape index (κ2) is 9.18. The molecular formula is C14H24N4O6. The summed E-state index contributed by atoms with van der Waals surface area (Å²) in [5, 5.41) is 28.1. The van der Waals surface area contributed by atoms with Crippen molar-refractivity contribution in [3.8, 4) is 0 Å². The predicted molar refractivity (Wildman–Crippen MR) is 82.9 cm³/mol. The molecule has 0 aromatic heterocycles. The number of carboxylic acid groups (broad SMARTS) is 1. The van der Waals surface area contributed by atoms with E-state index in [0.29, 0.717) is 6.42 Å². The number of aliphatic hydroxyl groups excluding tert-OH is 1. The smallest absolute Gasteiger partial charge is 0.328 e. The Balaban J connectivity index is 2.38. The van der Waals surface area contributed by atoms with Crippen LogP contribution in [0, 0.1) is 0 Å². The third-order valence-electron chi connectivity index (χ3n) is 3.62. The van der Waals surface area contributed by atoms with Gasteiger partial charge in [0, 0.05) is 0 Å². The van der Waals surface area contributed by atoms with E-state index in [1.807, 2.05) is 0 Å². The zero-order valence-electron chi connectivity index (χ0n) is 13.7. The number of aliphatic carboxylic acids is 1. The molecule has 4 atom stereocenters. The molecule has 1 saturated heterocycles. The van der Waals surface area contributed by atoms with Gasteiger partial charge < -0.3 is 31.5 Å². The maximum Gasteiger partial charge on any atom is 0.328 e. The molecule has 0 spiro atoms. The maximum absolute atomic E-state index is 11.8. The van der Waals surface area contributed by atoms with Gasteiger partial charge in [-0.05, 0) is 33.2 Å². The molecule has 0 aromatic rings. The molecule has 1 fully saturated rings. The van der Waals surface area contributed by atoms with Gasteiger partial charge in [0.25, 0.3) is 0 Å². The predicted octanol–water partition coefficient (Wildman–Crippen LogP) is -2.69. The molecule has 0 saturated carbocycles. The second-order valence-electron chi connectivity index (χ2n) is 5.72. The lowest BCUT2D eigenvalue weighted by Gasteiger charge is -2.20. The van der Waals surface area contributed by atoms with E-state index in [1.165, 1.54) is 13.8 Å². The van der Waals surface area contributed by atoms with Gasteiger partial charge in [0.1, 0.15) is 6.04 Å². The van der Waals surface area contributed by atoms with Gasteiger partial charge in [-0.3, -0.25) is 14.4 Å². The van der Waals surface area contributed by atoms with Gasteiger partial charge in [-0.1, -0.05) is 0 Å². The first-order chi connectivity index (χ1) is 11.2. The van der Waals surface area contributed by atoms with Crippen molar-refractivity contribution in [2.45, 2.75) is 50.9 Å². The van der Waals surface area contributed by atoms with Crippen LogP contribution in [0.2, 0.25) is 0 Å². The van der Waals surface area contributed by atoms with Crippen molar-refractivity contribution >= 4 is 23.7 Å². The highest BCUT2D eigenvalue weighted by atomic mass is 16.4. The van der Waals surface area contributed by atoms with E-state index in [2.05, 4.69) is 21.3 Å². The Morgan fingerprint density at radius 1 is 1.21 bits per heavy atom. The highest BCUT2D eigenvalue weighted by Crippen LogP contribution is 2.04. The van der Waals surface area contributed by atoms with Crippen LogP contribution in [0.25, 0.3) is 0 Å². The molecule has 10 heteroatoms.